The number of hydrogen-bond donors (Lipinski definition) is 1. The van der Waals surface area contributed by atoms with Crippen LogP contribution in [0.15, 0.2) is 133 Å². The molecule has 0 saturated carbocycles. The van der Waals surface area contributed by atoms with Gasteiger partial charge in [0.2, 0.25) is 5.91 Å². The minimum absolute atomic E-state index is 0.0494. The maximum Gasteiger partial charge on any atom is 0.329 e. The Morgan fingerprint density at radius 1 is 0.673 bits per heavy atom. The average Bonchev–Trinajstić information content (AvgIpc) is 3.10. The molecule has 0 heterocycles. The molecule has 0 unspecified atom stereocenters. The van der Waals surface area contributed by atoms with Crippen molar-refractivity contribution in [2.24, 2.45) is 5.73 Å². The van der Waals surface area contributed by atoms with Gasteiger partial charge in [-0.25, -0.2) is 4.79 Å². The lowest BCUT2D eigenvalue weighted by Gasteiger charge is -2.33. The first kappa shape index (κ1) is 34.6. The van der Waals surface area contributed by atoms with Crippen molar-refractivity contribution in [1.29, 1.82) is 0 Å². The smallest absolute Gasteiger partial charge is 0.329 e. The first-order chi connectivity index (χ1) is 23.6. The highest BCUT2D eigenvalue weighted by Crippen LogP contribution is 2.26. The van der Waals surface area contributed by atoms with Gasteiger partial charge in [-0.05, 0) is 90.9 Å². The minimum atomic E-state index is -1.01. The lowest BCUT2D eigenvalue weighted by molar-refractivity contribution is -0.161. The number of esters is 1. The number of benzene rings is 5. The monoisotopic (exact) mass is 654 g/mol. The quantitative estimate of drug-likeness (QED) is 0.129. The molecule has 0 aliphatic rings. The maximum absolute atomic E-state index is 14.1. The Bertz CT molecular complexity index is 1850. The highest BCUT2D eigenvalue weighted by Gasteiger charge is 2.34. The third-order valence-corrected chi connectivity index (χ3v) is 7.93. The first-order valence-corrected chi connectivity index (χ1v) is 16.4. The Morgan fingerprint density at radius 3 is 1.84 bits per heavy atom. The second-order valence-electron chi connectivity index (χ2n) is 12.9. The standard InChI is InChI=1S/C42H42N2O5/c1-42(2,3)49-41(47)38(25-26-39(43)45)44(28-30-11-6-4-7-12-30)40(46)35-19-17-33(18-20-35)34-21-23-37(24-22-34)48-29-31-13-10-16-36(27-31)32-14-8-5-9-15-32/h4-24,27,38H,25-26,28-29H2,1-3H3,(H2,43,45)/t38-/m0/s1. The molecular formula is C42H42N2O5. The molecule has 2 N–H and O–H groups in total. The van der Waals surface area contributed by atoms with Crippen molar-refractivity contribution in [3.05, 3.63) is 150 Å². The molecule has 5 aromatic carbocycles. The molecule has 0 fully saturated rings. The number of ether oxygens (including phenoxy) is 2. The molecule has 0 saturated heterocycles. The number of carbonyl (C=O) groups is 3. The summed E-state index contributed by atoms with van der Waals surface area (Å²) in [6.07, 6.45) is -0.0189. The average molecular weight is 655 g/mol. The zero-order valence-electron chi connectivity index (χ0n) is 28.2. The van der Waals surface area contributed by atoms with Gasteiger partial charge in [-0.3, -0.25) is 9.59 Å². The van der Waals surface area contributed by atoms with Gasteiger partial charge in [-0.1, -0.05) is 103 Å². The topological polar surface area (TPSA) is 98.9 Å². The van der Waals surface area contributed by atoms with Gasteiger partial charge in [0.15, 0.2) is 0 Å². The zero-order valence-corrected chi connectivity index (χ0v) is 28.2. The summed E-state index contributed by atoms with van der Waals surface area (Å²) in [4.78, 5) is 40.7. The summed E-state index contributed by atoms with van der Waals surface area (Å²) in [5.41, 5.74) is 11.2. The van der Waals surface area contributed by atoms with Crippen LogP contribution in [0.3, 0.4) is 0 Å². The number of nitrogens with zero attached hydrogens (tertiary/aromatic N) is 1. The summed E-state index contributed by atoms with van der Waals surface area (Å²) in [5.74, 6) is -0.739. The van der Waals surface area contributed by atoms with E-state index in [0.717, 1.165) is 39.1 Å². The lowest BCUT2D eigenvalue weighted by atomic mass is 10.0. The van der Waals surface area contributed by atoms with Crippen molar-refractivity contribution in [3.8, 4) is 28.0 Å². The van der Waals surface area contributed by atoms with E-state index in [2.05, 4.69) is 30.3 Å². The zero-order chi connectivity index (χ0) is 34.8. The minimum Gasteiger partial charge on any atom is -0.489 e. The summed E-state index contributed by atoms with van der Waals surface area (Å²) in [5, 5.41) is 0. The Morgan fingerprint density at radius 2 is 1.22 bits per heavy atom. The van der Waals surface area contributed by atoms with E-state index in [9.17, 15) is 14.4 Å². The van der Waals surface area contributed by atoms with Gasteiger partial charge in [-0.15, -0.1) is 0 Å². The molecule has 0 radical (unpaired) electrons. The van der Waals surface area contributed by atoms with Crippen LogP contribution in [0.25, 0.3) is 22.3 Å². The van der Waals surface area contributed by atoms with E-state index < -0.39 is 23.5 Å². The third kappa shape index (κ3) is 9.91. The van der Waals surface area contributed by atoms with Gasteiger partial charge in [0, 0.05) is 18.5 Å². The number of primary amides is 1. The van der Waals surface area contributed by atoms with Gasteiger partial charge >= 0.3 is 5.97 Å². The second kappa shape index (κ2) is 15.9. The summed E-state index contributed by atoms with van der Waals surface area (Å²) in [6.45, 7) is 5.90. The second-order valence-corrected chi connectivity index (χ2v) is 12.9. The van der Waals surface area contributed by atoms with E-state index in [4.69, 9.17) is 15.2 Å². The Hall–Kier alpha value is -5.69. The normalized spacial score (nSPS) is 11.7. The predicted octanol–water partition coefficient (Wildman–Crippen LogP) is 8.22. The molecule has 2 amide bonds. The summed E-state index contributed by atoms with van der Waals surface area (Å²) in [7, 11) is 0. The number of nitrogens with two attached hydrogens (primary N) is 1. The molecule has 1 atom stereocenters. The lowest BCUT2D eigenvalue weighted by Crippen LogP contribution is -2.47. The molecule has 0 spiro atoms. The molecule has 49 heavy (non-hydrogen) atoms. The van der Waals surface area contributed by atoms with E-state index in [0.29, 0.717) is 12.2 Å². The fourth-order valence-corrected chi connectivity index (χ4v) is 5.51. The molecule has 7 heteroatoms. The van der Waals surface area contributed by atoms with E-state index in [1.807, 2.05) is 91.0 Å². The SMILES string of the molecule is CC(C)(C)OC(=O)[C@H](CCC(N)=O)N(Cc1ccccc1)C(=O)c1ccc(-c2ccc(OCc3cccc(-c4ccccc4)c3)cc2)cc1. The fourth-order valence-electron chi connectivity index (χ4n) is 5.51. The van der Waals surface area contributed by atoms with Crippen LogP contribution in [-0.2, 0) is 27.5 Å². The largest absolute Gasteiger partial charge is 0.489 e. The van der Waals surface area contributed by atoms with Crippen LogP contribution < -0.4 is 10.5 Å². The van der Waals surface area contributed by atoms with Crippen LogP contribution in [0.5, 0.6) is 5.75 Å². The van der Waals surface area contributed by atoms with Crippen LogP contribution in [0.2, 0.25) is 0 Å². The van der Waals surface area contributed by atoms with E-state index >= 15 is 0 Å². The van der Waals surface area contributed by atoms with Crippen molar-refractivity contribution in [2.75, 3.05) is 0 Å². The van der Waals surface area contributed by atoms with Gasteiger partial charge in [0.05, 0.1) is 0 Å². The molecular weight excluding hydrogens is 612 g/mol. The molecule has 0 aliphatic carbocycles. The number of carbonyl (C=O) groups excluding carboxylic acids is 3. The van der Waals surface area contributed by atoms with Crippen molar-refractivity contribution in [3.63, 3.8) is 0 Å². The van der Waals surface area contributed by atoms with Crippen molar-refractivity contribution >= 4 is 17.8 Å². The van der Waals surface area contributed by atoms with Crippen molar-refractivity contribution in [1.82, 2.24) is 4.90 Å². The maximum atomic E-state index is 14.1. The van der Waals surface area contributed by atoms with Crippen molar-refractivity contribution in [2.45, 2.75) is 58.4 Å². The van der Waals surface area contributed by atoms with E-state index in [1.54, 1.807) is 32.9 Å². The Labute approximate surface area is 288 Å². The molecule has 5 rings (SSSR count). The van der Waals surface area contributed by atoms with Crippen LogP contribution in [0, 0.1) is 0 Å². The van der Waals surface area contributed by atoms with Crippen LogP contribution in [-0.4, -0.2) is 34.3 Å². The third-order valence-electron chi connectivity index (χ3n) is 7.93. The molecule has 0 aromatic heterocycles. The number of rotatable bonds is 13. The van der Waals surface area contributed by atoms with Crippen LogP contribution in [0.4, 0.5) is 0 Å². The van der Waals surface area contributed by atoms with Gasteiger partial charge in [0.25, 0.3) is 5.91 Å². The summed E-state index contributed by atoms with van der Waals surface area (Å²) >= 11 is 0. The number of amides is 2. The summed E-state index contributed by atoms with van der Waals surface area (Å²) in [6, 6.07) is 42.1. The molecule has 250 valence electrons. The van der Waals surface area contributed by atoms with Gasteiger partial charge in [0.1, 0.15) is 24.0 Å². The molecule has 7 nitrogen and oxygen atoms in total. The van der Waals surface area contributed by atoms with E-state index in [1.165, 1.54) is 4.90 Å². The Kier molecular flexibility index (Phi) is 11.3. The molecule has 0 bridgehead atoms. The highest BCUT2D eigenvalue weighted by molar-refractivity contribution is 5.97. The van der Waals surface area contributed by atoms with Gasteiger partial charge in [-0.2, -0.15) is 0 Å². The van der Waals surface area contributed by atoms with E-state index in [-0.39, 0.29) is 25.3 Å². The van der Waals surface area contributed by atoms with Crippen molar-refractivity contribution < 1.29 is 23.9 Å². The first-order valence-electron chi connectivity index (χ1n) is 16.4. The predicted molar refractivity (Wildman–Crippen MR) is 192 cm³/mol. The molecule has 5 aromatic rings. The molecule has 0 aliphatic heterocycles. The Balaban J connectivity index is 1.30. The summed E-state index contributed by atoms with van der Waals surface area (Å²) < 4.78 is 11.8. The van der Waals surface area contributed by atoms with Crippen LogP contribution in [0.1, 0.15) is 55.1 Å². The fraction of sp³-hybridized carbons (Fsp3) is 0.214. The van der Waals surface area contributed by atoms with Gasteiger partial charge < -0.3 is 20.1 Å². The number of hydrogen-bond acceptors (Lipinski definition) is 5. The highest BCUT2D eigenvalue weighted by atomic mass is 16.6. The van der Waals surface area contributed by atoms with Crippen LogP contribution >= 0.6 is 0 Å².